The lowest BCUT2D eigenvalue weighted by molar-refractivity contribution is -0.127. The first-order valence-corrected chi connectivity index (χ1v) is 11.6. The first-order chi connectivity index (χ1) is 15.6. The van der Waals surface area contributed by atoms with E-state index in [9.17, 15) is 14.4 Å². The fourth-order valence-electron chi connectivity index (χ4n) is 3.94. The van der Waals surface area contributed by atoms with Crippen LogP contribution in [0.1, 0.15) is 31.9 Å². The van der Waals surface area contributed by atoms with Crippen molar-refractivity contribution in [3.05, 3.63) is 69.6 Å². The van der Waals surface area contributed by atoms with Crippen LogP contribution in [-0.2, 0) is 9.59 Å². The van der Waals surface area contributed by atoms with Gasteiger partial charge < -0.3 is 10.2 Å². The van der Waals surface area contributed by atoms with E-state index in [0.29, 0.717) is 16.3 Å². The van der Waals surface area contributed by atoms with E-state index in [0.717, 1.165) is 33.5 Å². The molecule has 4 rings (SSSR count). The highest BCUT2D eigenvalue weighted by Crippen LogP contribution is 2.42. The Labute approximate surface area is 202 Å². The molecule has 0 unspecified atom stereocenters. The number of anilines is 2. The third kappa shape index (κ3) is 4.56. The maximum atomic E-state index is 12.9. The molecular formula is C25H24ClN3O3S. The van der Waals surface area contributed by atoms with Crippen molar-refractivity contribution in [3.63, 3.8) is 0 Å². The molecule has 1 N–H and O–H groups in total. The summed E-state index contributed by atoms with van der Waals surface area (Å²) in [7, 11) is 2.02. The molecule has 2 aromatic carbocycles. The Morgan fingerprint density at radius 1 is 1.18 bits per heavy atom. The minimum absolute atomic E-state index is 0.148. The third-order valence-corrected chi connectivity index (χ3v) is 7.09. The summed E-state index contributed by atoms with van der Waals surface area (Å²) >= 11 is 7.37. The molecule has 1 saturated heterocycles. The van der Waals surface area contributed by atoms with Crippen LogP contribution in [0.25, 0.3) is 11.6 Å². The number of thioether (sulfide) groups is 1. The lowest BCUT2D eigenvalue weighted by Gasteiger charge is -2.40. The van der Waals surface area contributed by atoms with E-state index in [-0.39, 0.29) is 17.0 Å². The number of amides is 3. The summed E-state index contributed by atoms with van der Waals surface area (Å²) in [4.78, 5) is 41.0. The maximum Gasteiger partial charge on any atom is 0.294 e. The molecule has 6 nitrogen and oxygen atoms in total. The minimum Gasteiger partial charge on any atom is -0.365 e. The Morgan fingerprint density at radius 3 is 2.58 bits per heavy atom. The van der Waals surface area contributed by atoms with Gasteiger partial charge in [-0.1, -0.05) is 35.9 Å². The number of hydrogen-bond acceptors (Lipinski definition) is 5. The summed E-state index contributed by atoms with van der Waals surface area (Å²) in [6.07, 6.45) is 3.81. The number of para-hydroxylation sites is 1. The van der Waals surface area contributed by atoms with Gasteiger partial charge in [0.15, 0.2) is 0 Å². The van der Waals surface area contributed by atoms with Gasteiger partial charge in [0.2, 0.25) is 5.91 Å². The van der Waals surface area contributed by atoms with Crippen LogP contribution in [0, 0.1) is 0 Å². The van der Waals surface area contributed by atoms with Gasteiger partial charge in [0, 0.05) is 29.0 Å². The number of nitrogens with zero attached hydrogens (tertiary/aromatic N) is 2. The highest BCUT2D eigenvalue weighted by molar-refractivity contribution is 8.18. The van der Waals surface area contributed by atoms with Crippen LogP contribution in [-0.4, -0.2) is 41.1 Å². The van der Waals surface area contributed by atoms with Crippen LogP contribution in [0.4, 0.5) is 16.2 Å². The maximum absolute atomic E-state index is 12.9. The van der Waals surface area contributed by atoms with Gasteiger partial charge >= 0.3 is 0 Å². The van der Waals surface area contributed by atoms with Crippen LogP contribution >= 0.6 is 23.4 Å². The van der Waals surface area contributed by atoms with Crippen LogP contribution < -0.4 is 10.2 Å². The van der Waals surface area contributed by atoms with E-state index in [4.69, 9.17) is 11.6 Å². The molecule has 2 aliphatic rings. The Bertz CT molecular complexity index is 1220. The van der Waals surface area contributed by atoms with Crippen molar-refractivity contribution in [1.82, 2.24) is 4.90 Å². The average molecular weight is 482 g/mol. The van der Waals surface area contributed by atoms with E-state index in [2.05, 4.69) is 30.1 Å². The highest BCUT2D eigenvalue weighted by atomic mass is 35.5. The van der Waals surface area contributed by atoms with E-state index in [1.807, 2.05) is 32.2 Å². The van der Waals surface area contributed by atoms with Gasteiger partial charge in [0.25, 0.3) is 11.1 Å². The van der Waals surface area contributed by atoms with Crippen LogP contribution in [0.3, 0.4) is 0 Å². The number of rotatable bonds is 4. The molecule has 33 heavy (non-hydrogen) atoms. The van der Waals surface area contributed by atoms with Crippen molar-refractivity contribution in [2.24, 2.45) is 0 Å². The average Bonchev–Trinajstić information content (AvgIpc) is 3.01. The van der Waals surface area contributed by atoms with Crippen LogP contribution in [0.15, 0.2) is 53.4 Å². The van der Waals surface area contributed by atoms with Crippen molar-refractivity contribution in [1.29, 1.82) is 0 Å². The number of carbonyl (C=O) groups excluding carboxylic acids is 3. The van der Waals surface area contributed by atoms with Gasteiger partial charge in [-0.25, -0.2) is 0 Å². The lowest BCUT2D eigenvalue weighted by Crippen LogP contribution is -2.42. The topological polar surface area (TPSA) is 69.7 Å². The van der Waals surface area contributed by atoms with Crippen molar-refractivity contribution < 1.29 is 14.4 Å². The van der Waals surface area contributed by atoms with Crippen molar-refractivity contribution >= 4 is 63.4 Å². The largest absolute Gasteiger partial charge is 0.365 e. The molecule has 0 radical (unpaired) electrons. The number of hydrogen-bond donors (Lipinski definition) is 1. The number of nitrogens with one attached hydrogen (secondary N) is 1. The predicted octanol–water partition coefficient (Wildman–Crippen LogP) is 5.65. The fourth-order valence-corrected chi connectivity index (χ4v) is 4.98. The molecule has 2 aliphatic heterocycles. The zero-order valence-electron chi connectivity index (χ0n) is 18.8. The van der Waals surface area contributed by atoms with Gasteiger partial charge in [-0.3, -0.25) is 19.3 Å². The Morgan fingerprint density at radius 2 is 1.88 bits per heavy atom. The van der Waals surface area contributed by atoms with Crippen LogP contribution in [0.2, 0.25) is 5.02 Å². The molecule has 3 amide bonds. The molecule has 0 spiro atoms. The summed E-state index contributed by atoms with van der Waals surface area (Å²) < 4.78 is 0. The molecule has 2 heterocycles. The third-order valence-electron chi connectivity index (χ3n) is 5.85. The summed E-state index contributed by atoms with van der Waals surface area (Å²) in [5, 5.41) is 2.69. The Kier molecular flexibility index (Phi) is 6.12. The molecule has 8 heteroatoms. The molecule has 0 atom stereocenters. The summed E-state index contributed by atoms with van der Waals surface area (Å²) in [5.74, 6) is -0.949. The molecule has 170 valence electrons. The second-order valence-electron chi connectivity index (χ2n) is 8.61. The zero-order chi connectivity index (χ0) is 23.9. The smallest absolute Gasteiger partial charge is 0.294 e. The monoisotopic (exact) mass is 481 g/mol. The second-order valence-corrected chi connectivity index (χ2v) is 10.0. The van der Waals surface area contributed by atoms with Gasteiger partial charge in [-0.05, 0) is 74.0 Å². The first-order valence-electron chi connectivity index (χ1n) is 10.4. The van der Waals surface area contributed by atoms with Crippen molar-refractivity contribution in [2.45, 2.75) is 26.3 Å². The predicted molar refractivity (Wildman–Crippen MR) is 135 cm³/mol. The summed E-state index contributed by atoms with van der Waals surface area (Å²) in [6, 6.07) is 12.7. The highest BCUT2D eigenvalue weighted by Gasteiger charge is 2.37. The second kappa shape index (κ2) is 8.72. The molecule has 1 fully saturated rings. The molecule has 0 saturated carbocycles. The van der Waals surface area contributed by atoms with Gasteiger partial charge in [0.1, 0.15) is 6.54 Å². The number of carbonyl (C=O) groups is 3. The number of benzene rings is 2. The molecule has 0 aliphatic carbocycles. The van der Waals surface area contributed by atoms with Gasteiger partial charge in [-0.15, -0.1) is 0 Å². The number of halogens is 1. The standard InChI is InChI=1S/C25H24ClN3O3S/c1-15-13-25(2,3)28(4)20-12-19(26)16(10-18(15)20)11-21-23(31)29(24(32)33-21)14-22(30)27-17-8-6-5-7-9-17/h5-13H,14H2,1-4H3,(H,27,30)/b21-11-. The fraction of sp³-hybridized carbons (Fsp3) is 0.240. The number of fused-ring (bicyclic) bond motifs is 1. The van der Waals surface area contributed by atoms with Crippen LogP contribution in [0.5, 0.6) is 0 Å². The van der Waals surface area contributed by atoms with Gasteiger partial charge in [0.05, 0.1) is 10.4 Å². The summed E-state index contributed by atoms with van der Waals surface area (Å²) in [5.41, 5.74) is 4.25. The number of likely N-dealkylation sites (N-methyl/N-ethyl adjacent to an activating group) is 1. The summed E-state index contributed by atoms with van der Waals surface area (Å²) in [6.45, 7) is 5.96. The SMILES string of the molecule is CC1=CC(C)(C)N(C)c2cc(Cl)c(/C=C3\SC(=O)N(CC(=O)Nc4ccccc4)C3=O)cc21. The molecule has 0 bridgehead atoms. The molecular weight excluding hydrogens is 458 g/mol. The Balaban J connectivity index is 1.57. The number of imide groups is 1. The van der Waals surface area contributed by atoms with E-state index < -0.39 is 17.1 Å². The number of allylic oxidation sites excluding steroid dienone is 1. The lowest BCUT2D eigenvalue weighted by atomic mass is 9.88. The molecule has 0 aromatic heterocycles. The minimum atomic E-state index is -0.507. The van der Waals surface area contributed by atoms with Crippen molar-refractivity contribution in [3.8, 4) is 0 Å². The Hall–Kier alpha value is -3.03. The van der Waals surface area contributed by atoms with Crippen molar-refractivity contribution in [2.75, 3.05) is 23.8 Å². The molecule has 2 aromatic rings. The van der Waals surface area contributed by atoms with E-state index in [1.54, 1.807) is 30.3 Å². The quantitative estimate of drug-likeness (QED) is 0.572. The normalized spacial score (nSPS) is 18.5. The first kappa shape index (κ1) is 23.1. The van der Waals surface area contributed by atoms with E-state index >= 15 is 0 Å². The van der Waals surface area contributed by atoms with Gasteiger partial charge in [-0.2, -0.15) is 0 Å². The van der Waals surface area contributed by atoms with E-state index in [1.165, 1.54) is 0 Å². The zero-order valence-corrected chi connectivity index (χ0v) is 20.4.